The quantitative estimate of drug-likeness (QED) is 0.423. The molecule has 148 valence electrons. The van der Waals surface area contributed by atoms with Crippen LogP contribution in [0.2, 0.25) is 10.0 Å². The van der Waals surface area contributed by atoms with Crippen LogP contribution in [0, 0.1) is 13.8 Å². The number of hydrogen-bond donors (Lipinski definition) is 2. The smallest absolute Gasteiger partial charge is 0.170 e. The number of halogens is 2. The van der Waals surface area contributed by atoms with Gasteiger partial charge in [0.2, 0.25) is 0 Å². The Bertz CT molecular complexity index is 945. The van der Waals surface area contributed by atoms with E-state index >= 15 is 0 Å². The molecule has 0 amide bonds. The molecule has 2 heterocycles. The first-order valence-corrected chi connectivity index (χ1v) is 10.1. The Hall–Kier alpha value is -2.09. The van der Waals surface area contributed by atoms with Gasteiger partial charge >= 0.3 is 0 Å². The summed E-state index contributed by atoms with van der Waals surface area (Å²) in [4.78, 5) is 0. The molecule has 0 spiro atoms. The molecular formula is C19H22Cl2N6S. The minimum atomic E-state index is 0.489. The van der Waals surface area contributed by atoms with Crippen LogP contribution in [0.4, 0.5) is 5.69 Å². The molecule has 0 bridgehead atoms. The lowest BCUT2D eigenvalue weighted by Gasteiger charge is -2.10. The molecular weight excluding hydrogens is 415 g/mol. The van der Waals surface area contributed by atoms with Crippen molar-refractivity contribution in [2.75, 3.05) is 11.9 Å². The molecule has 0 atom stereocenters. The predicted octanol–water partition coefficient (Wildman–Crippen LogP) is 4.43. The van der Waals surface area contributed by atoms with Crippen molar-refractivity contribution >= 4 is 46.2 Å². The van der Waals surface area contributed by atoms with E-state index in [9.17, 15) is 0 Å². The van der Waals surface area contributed by atoms with E-state index in [1.54, 1.807) is 10.9 Å². The summed E-state index contributed by atoms with van der Waals surface area (Å²) in [6, 6.07) is 7.53. The number of anilines is 1. The van der Waals surface area contributed by atoms with Gasteiger partial charge in [0, 0.05) is 40.6 Å². The predicted molar refractivity (Wildman–Crippen MR) is 118 cm³/mol. The summed E-state index contributed by atoms with van der Waals surface area (Å²) in [7, 11) is 0. The van der Waals surface area contributed by atoms with Crippen LogP contribution in [-0.2, 0) is 13.1 Å². The molecule has 0 aliphatic carbocycles. The van der Waals surface area contributed by atoms with Crippen molar-refractivity contribution in [3.05, 3.63) is 63.7 Å². The summed E-state index contributed by atoms with van der Waals surface area (Å²) in [5, 5.41) is 16.9. The average molecular weight is 437 g/mol. The van der Waals surface area contributed by atoms with Crippen LogP contribution < -0.4 is 10.6 Å². The van der Waals surface area contributed by atoms with Gasteiger partial charge in [-0.1, -0.05) is 29.3 Å². The molecule has 2 N–H and O–H groups in total. The first-order chi connectivity index (χ1) is 13.4. The minimum absolute atomic E-state index is 0.489. The van der Waals surface area contributed by atoms with Gasteiger partial charge in [-0.05, 0) is 50.7 Å². The van der Waals surface area contributed by atoms with E-state index in [2.05, 4.69) is 33.8 Å². The Morgan fingerprint density at radius 3 is 2.64 bits per heavy atom. The van der Waals surface area contributed by atoms with Gasteiger partial charge in [0.25, 0.3) is 0 Å². The number of rotatable bonds is 7. The Kier molecular flexibility index (Phi) is 6.93. The van der Waals surface area contributed by atoms with Gasteiger partial charge in [0.15, 0.2) is 5.11 Å². The third kappa shape index (κ3) is 5.47. The molecule has 0 aliphatic rings. The fourth-order valence-electron chi connectivity index (χ4n) is 2.87. The fraction of sp³-hybridized carbons (Fsp3) is 0.316. The highest BCUT2D eigenvalue weighted by Gasteiger charge is 2.08. The van der Waals surface area contributed by atoms with E-state index in [0.717, 1.165) is 36.5 Å². The SMILES string of the molecule is Cc1cc(C)n(CCCNC(=S)Nc2cnn(Cc3c(Cl)cccc3Cl)c2)n1. The summed E-state index contributed by atoms with van der Waals surface area (Å²) in [5.74, 6) is 0. The molecule has 0 radical (unpaired) electrons. The van der Waals surface area contributed by atoms with E-state index in [1.807, 2.05) is 36.0 Å². The van der Waals surface area contributed by atoms with Gasteiger partial charge in [-0.3, -0.25) is 9.36 Å². The Morgan fingerprint density at radius 1 is 1.21 bits per heavy atom. The zero-order valence-electron chi connectivity index (χ0n) is 15.7. The maximum absolute atomic E-state index is 6.22. The molecule has 3 rings (SSSR count). The van der Waals surface area contributed by atoms with Gasteiger partial charge in [-0.2, -0.15) is 10.2 Å². The maximum atomic E-state index is 6.22. The van der Waals surface area contributed by atoms with E-state index in [-0.39, 0.29) is 0 Å². The summed E-state index contributed by atoms with van der Waals surface area (Å²) >= 11 is 17.8. The molecule has 3 aromatic rings. The molecule has 0 fully saturated rings. The number of hydrogen-bond acceptors (Lipinski definition) is 3. The van der Waals surface area contributed by atoms with Gasteiger partial charge in [-0.15, -0.1) is 0 Å². The minimum Gasteiger partial charge on any atom is -0.362 e. The topological polar surface area (TPSA) is 59.7 Å². The van der Waals surface area contributed by atoms with Gasteiger partial charge < -0.3 is 10.6 Å². The second-order valence-corrected chi connectivity index (χ2v) is 7.73. The van der Waals surface area contributed by atoms with Crippen LogP contribution in [0.5, 0.6) is 0 Å². The van der Waals surface area contributed by atoms with Crippen LogP contribution >= 0.6 is 35.4 Å². The highest BCUT2D eigenvalue weighted by atomic mass is 35.5. The molecule has 2 aromatic heterocycles. The summed E-state index contributed by atoms with van der Waals surface area (Å²) in [5.41, 5.74) is 3.85. The number of nitrogens with one attached hydrogen (secondary N) is 2. The lowest BCUT2D eigenvalue weighted by Crippen LogP contribution is -2.29. The summed E-state index contributed by atoms with van der Waals surface area (Å²) in [6.07, 6.45) is 4.51. The molecule has 0 aliphatic heterocycles. The monoisotopic (exact) mass is 436 g/mol. The van der Waals surface area contributed by atoms with Gasteiger partial charge in [0.1, 0.15) is 0 Å². The lowest BCUT2D eigenvalue weighted by atomic mass is 10.2. The van der Waals surface area contributed by atoms with Crippen molar-refractivity contribution in [1.82, 2.24) is 24.9 Å². The fourth-order valence-corrected chi connectivity index (χ4v) is 3.60. The zero-order valence-corrected chi connectivity index (χ0v) is 18.1. The van der Waals surface area contributed by atoms with Crippen LogP contribution in [0.15, 0.2) is 36.7 Å². The number of aryl methyl sites for hydroxylation is 3. The Balaban J connectivity index is 1.45. The van der Waals surface area contributed by atoms with E-state index in [4.69, 9.17) is 35.4 Å². The lowest BCUT2D eigenvalue weighted by molar-refractivity contribution is 0.558. The van der Waals surface area contributed by atoms with Crippen molar-refractivity contribution in [2.24, 2.45) is 0 Å². The third-order valence-corrected chi connectivity index (χ3v) is 5.16. The molecule has 1 aromatic carbocycles. The first kappa shape index (κ1) is 20.6. The van der Waals surface area contributed by atoms with Crippen LogP contribution in [0.1, 0.15) is 23.4 Å². The highest BCUT2D eigenvalue weighted by Crippen LogP contribution is 2.25. The Labute approximate surface area is 179 Å². The van der Waals surface area contributed by atoms with E-state index < -0.39 is 0 Å². The molecule has 0 unspecified atom stereocenters. The van der Waals surface area contributed by atoms with Gasteiger partial charge in [-0.25, -0.2) is 0 Å². The second-order valence-electron chi connectivity index (χ2n) is 6.51. The second kappa shape index (κ2) is 9.41. The maximum Gasteiger partial charge on any atom is 0.170 e. The van der Waals surface area contributed by atoms with Crippen LogP contribution in [0.3, 0.4) is 0 Å². The van der Waals surface area contributed by atoms with Crippen molar-refractivity contribution in [3.63, 3.8) is 0 Å². The summed E-state index contributed by atoms with van der Waals surface area (Å²) in [6.45, 7) is 6.16. The number of thiocarbonyl (C=S) groups is 1. The van der Waals surface area contributed by atoms with Crippen molar-refractivity contribution in [3.8, 4) is 0 Å². The molecule has 0 saturated carbocycles. The highest BCUT2D eigenvalue weighted by molar-refractivity contribution is 7.80. The third-order valence-electron chi connectivity index (χ3n) is 4.21. The largest absolute Gasteiger partial charge is 0.362 e. The molecule has 28 heavy (non-hydrogen) atoms. The normalized spacial score (nSPS) is 10.9. The van der Waals surface area contributed by atoms with Crippen LogP contribution in [-0.4, -0.2) is 31.2 Å². The van der Waals surface area contributed by atoms with Crippen LogP contribution in [0.25, 0.3) is 0 Å². The first-order valence-electron chi connectivity index (χ1n) is 8.93. The van der Waals surface area contributed by atoms with Gasteiger partial charge in [0.05, 0.1) is 24.1 Å². The van der Waals surface area contributed by atoms with E-state index in [0.29, 0.717) is 21.7 Å². The summed E-state index contributed by atoms with van der Waals surface area (Å²) < 4.78 is 3.78. The number of aromatic nitrogens is 4. The van der Waals surface area contributed by atoms with Crippen molar-refractivity contribution in [2.45, 2.75) is 33.4 Å². The average Bonchev–Trinajstić information content (AvgIpc) is 3.20. The molecule has 6 nitrogen and oxygen atoms in total. The standard InChI is InChI=1S/C19H22Cl2N6S/c1-13-9-14(2)27(25-13)8-4-7-22-19(28)24-15-10-23-26(11-15)12-16-17(20)5-3-6-18(16)21/h3,5-6,9-11H,4,7-8,12H2,1-2H3,(H2,22,24,28). The van der Waals surface area contributed by atoms with Crippen molar-refractivity contribution < 1.29 is 0 Å². The molecule has 0 saturated heterocycles. The van der Waals surface area contributed by atoms with E-state index in [1.165, 1.54) is 5.69 Å². The Morgan fingerprint density at radius 2 is 1.96 bits per heavy atom. The molecule has 9 heteroatoms. The van der Waals surface area contributed by atoms with Crippen molar-refractivity contribution in [1.29, 1.82) is 0 Å². The number of benzene rings is 1. The zero-order chi connectivity index (χ0) is 20.1. The number of nitrogens with zero attached hydrogens (tertiary/aromatic N) is 4.